The van der Waals surface area contributed by atoms with Crippen LogP contribution in [0.5, 0.6) is 0 Å². The Morgan fingerprint density at radius 1 is 1.38 bits per heavy atom. The van der Waals surface area contributed by atoms with Gasteiger partial charge in [-0.1, -0.05) is 41.2 Å². The highest BCUT2D eigenvalue weighted by atomic mass is 35.5. The molecule has 5 nitrogen and oxygen atoms in total. The third kappa shape index (κ3) is 4.59. The van der Waals surface area contributed by atoms with Gasteiger partial charge in [-0.15, -0.1) is 0 Å². The summed E-state index contributed by atoms with van der Waals surface area (Å²) < 4.78 is 1.01. The van der Waals surface area contributed by atoms with Crippen LogP contribution in [-0.4, -0.2) is 66.5 Å². The van der Waals surface area contributed by atoms with E-state index in [0.717, 1.165) is 54.2 Å². The third-order valence-electron chi connectivity index (χ3n) is 3.96. The predicted molar refractivity (Wildman–Crippen MR) is 107 cm³/mol. The van der Waals surface area contributed by atoms with Crippen molar-refractivity contribution < 1.29 is 4.79 Å². The maximum Gasteiger partial charge on any atom is 0.234 e. The third-order valence-corrected chi connectivity index (χ3v) is 6.52. The zero-order valence-electron chi connectivity index (χ0n) is 13.6. The number of nitrogens with one attached hydrogen (secondary N) is 1. The Balaban J connectivity index is 1.66. The van der Waals surface area contributed by atoms with Crippen LogP contribution in [0, 0.1) is 0 Å². The summed E-state index contributed by atoms with van der Waals surface area (Å²) in [4.78, 5) is 21.2. The number of nitrogens with zero attached hydrogens (tertiary/aromatic N) is 3. The number of hydrogen-bond donors (Lipinski definition) is 1. The molecule has 0 radical (unpaired) electrons. The highest BCUT2D eigenvalue weighted by Gasteiger charge is 2.20. The molecule has 0 aromatic heterocycles. The van der Waals surface area contributed by atoms with Crippen LogP contribution in [0.15, 0.2) is 23.2 Å². The number of aliphatic imine (C=N–C) groups is 1. The average Bonchev–Trinajstić information content (AvgIpc) is 3.08. The lowest BCUT2D eigenvalue weighted by Gasteiger charge is -2.35. The molecule has 0 saturated carbocycles. The molecule has 0 aliphatic carbocycles. The fourth-order valence-electron chi connectivity index (χ4n) is 2.68. The minimum atomic E-state index is -0.0205. The van der Waals surface area contributed by atoms with E-state index in [1.54, 1.807) is 11.8 Å². The van der Waals surface area contributed by atoms with Gasteiger partial charge in [0.05, 0.1) is 28.7 Å². The Morgan fingerprint density at radius 2 is 2.17 bits per heavy atom. The van der Waals surface area contributed by atoms with Crippen LogP contribution in [0.2, 0.25) is 5.02 Å². The van der Waals surface area contributed by atoms with E-state index in [-0.39, 0.29) is 5.91 Å². The second-order valence-corrected chi connectivity index (χ2v) is 8.47. The van der Waals surface area contributed by atoms with E-state index in [1.165, 1.54) is 11.8 Å². The van der Waals surface area contributed by atoms with Crippen molar-refractivity contribution in [1.82, 2.24) is 4.90 Å². The molecular weight excluding hydrogens is 364 g/mol. The van der Waals surface area contributed by atoms with Crippen LogP contribution in [0.25, 0.3) is 0 Å². The van der Waals surface area contributed by atoms with Crippen LogP contribution in [-0.2, 0) is 4.79 Å². The van der Waals surface area contributed by atoms with Gasteiger partial charge in [0.2, 0.25) is 5.91 Å². The minimum Gasteiger partial charge on any atom is -0.366 e. The molecule has 1 amide bonds. The van der Waals surface area contributed by atoms with Gasteiger partial charge < -0.3 is 15.1 Å². The Bertz CT molecular complexity index is 633. The predicted octanol–water partition coefficient (Wildman–Crippen LogP) is 2.87. The van der Waals surface area contributed by atoms with E-state index in [0.29, 0.717) is 10.8 Å². The number of hydrogen-bond acceptors (Lipinski definition) is 6. The van der Waals surface area contributed by atoms with Crippen molar-refractivity contribution in [3.8, 4) is 0 Å². The summed E-state index contributed by atoms with van der Waals surface area (Å²) in [7, 11) is 2.12. The van der Waals surface area contributed by atoms with Crippen molar-refractivity contribution >= 4 is 56.8 Å². The molecular formula is C16H21ClN4OS2. The summed E-state index contributed by atoms with van der Waals surface area (Å²) in [5, 5.41) is 3.70. The van der Waals surface area contributed by atoms with Crippen molar-refractivity contribution in [3.63, 3.8) is 0 Å². The molecule has 1 aromatic rings. The maximum atomic E-state index is 12.3. The number of likely N-dealkylation sites (N-methyl/N-ethyl adjacent to an activating group) is 1. The molecule has 130 valence electrons. The molecule has 0 unspecified atom stereocenters. The quantitative estimate of drug-likeness (QED) is 0.864. The Labute approximate surface area is 156 Å². The van der Waals surface area contributed by atoms with Crippen molar-refractivity contribution in [2.75, 3.05) is 61.5 Å². The highest BCUT2D eigenvalue weighted by Crippen LogP contribution is 2.34. The van der Waals surface area contributed by atoms with E-state index in [2.05, 4.69) is 27.2 Å². The summed E-state index contributed by atoms with van der Waals surface area (Å²) in [5.41, 5.74) is 1.72. The highest BCUT2D eigenvalue weighted by molar-refractivity contribution is 8.39. The standard InChI is InChI=1S/C16H21ClN4OS2/c1-20-6-8-21(9-7-20)15-12(17)3-2-4-13(15)19-14(22)11-24-16-18-5-10-23-16/h2-4H,5-11H2,1H3,(H,19,22). The summed E-state index contributed by atoms with van der Waals surface area (Å²) in [6.07, 6.45) is 0. The van der Waals surface area contributed by atoms with Gasteiger partial charge >= 0.3 is 0 Å². The topological polar surface area (TPSA) is 47.9 Å². The van der Waals surface area contributed by atoms with Gasteiger partial charge in [0.25, 0.3) is 0 Å². The number of carbonyl (C=O) groups excluding carboxylic acids is 1. The van der Waals surface area contributed by atoms with Crippen LogP contribution >= 0.6 is 35.1 Å². The average molecular weight is 385 g/mol. The number of halogens is 1. The second-order valence-electron chi connectivity index (χ2n) is 5.76. The number of carbonyl (C=O) groups is 1. The summed E-state index contributed by atoms with van der Waals surface area (Å²) in [6, 6.07) is 5.68. The van der Waals surface area contributed by atoms with E-state index >= 15 is 0 Å². The number of rotatable bonds is 4. The molecule has 3 rings (SSSR count). The lowest BCUT2D eigenvalue weighted by molar-refractivity contribution is -0.113. The number of anilines is 2. The molecule has 0 spiro atoms. The van der Waals surface area contributed by atoms with Gasteiger partial charge in [-0.3, -0.25) is 9.79 Å². The van der Waals surface area contributed by atoms with Crippen molar-refractivity contribution in [3.05, 3.63) is 23.2 Å². The first kappa shape index (κ1) is 17.9. The zero-order chi connectivity index (χ0) is 16.9. The molecule has 1 N–H and O–H groups in total. The van der Waals surface area contributed by atoms with Gasteiger partial charge in [0.1, 0.15) is 4.38 Å². The molecule has 0 atom stereocenters. The SMILES string of the molecule is CN1CCN(c2c(Cl)cccc2NC(=O)CSC2=NCCS2)CC1. The first-order chi connectivity index (χ1) is 11.6. The lowest BCUT2D eigenvalue weighted by atomic mass is 10.2. The number of para-hydroxylation sites is 1. The van der Waals surface area contributed by atoms with Gasteiger partial charge in [-0.05, 0) is 19.2 Å². The molecule has 2 aliphatic heterocycles. The zero-order valence-corrected chi connectivity index (χ0v) is 16.0. The normalized spacial score (nSPS) is 18.6. The Hall–Kier alpha value is -0.890. The number of thioether (sulfide) groups is 2. The van der Waals surface area contributed by atoms with Gasteiger partial charge in [0.15, 0.2) is 0 Å². The van der Waals surface area contributed by atoms with Crippen LogP contribution in [0.1, 0.15) is 0 Å². The van der Waals surface area contributed by atoms with E-state index in [9.17, 15) is 4.79 Å². The lowest BCUT2D eigenvalue weighted by Crippen LogP contribution is -2.44. The number of piperazine rings is 1. The first-order valence-electron chi connectivity index (χ1n) is 7.95. The van der Waals surface area contributed by atoms with Crippen LogP contribution < -0.4 is 10.2 Å². The molecule has 1 saturated heterocycles. The second kappa shape index (κ2) is 8.47. The summed E-state index contributed by atoms with van der Waals surface area (Å²) in [6.45, 7) is 4.66. The minimum absolute atomic E-state index is 0.0205. The van der Waals surface area contributed by atoms with Crippen LogP contribution in [0.3, 0.4) is 0 Å². The fourth-order valence-corrected chi connectivity index (χ4v) is 4.79. The first-order valence-corrected chi connectivity index (χ1v) is 10.3. The molecule has 2 aliphatic rings. The Kier molecular flexibility index (Phi) is 6.32. The van der Waals surface area contributed by atoms with Gasteiger partial charge in [0, 0.05) is 31.9 Å². The van der Waals surface area contributed by atoms with Crippen molar-refractivity contribution in [1.29, 1.82) is 0 Å². The summed E-state index contributed by atoms with van der Waals surface area (Å²) >= 11 is 9.65. The molecule has 8 heteroatoms. The molecule has 1 fully saturated rings. The van der Waals surface area contributed by atoms with Crippen molar-refractivity contribution in [2.24, 2.45) is 4.99 Å². The van der Waals surface area contributed by atoms with Crippen LogP contribution in [0.4, 0.5) is 11.4 Å². The number of benzene rings is 1. The molecule has 1 aromatic carbocycles. The van der Waals surface area contributed by atoms with Gasteiger partial charge in [-0.25, -0.2) is 0 Å². The number of amides is 1. The molecule has 0 bridgehead atoms. The van der Waals surface area contributed by atoms with E-state index in [4.69, 9.17) is 11.6 Å². The van der Waals surface area contributed by atoms with Crippen molar-refractivity contribution in [2.45, 2.75) is 0 Å². The monoisotopic (exact) mass is 384 g/mol. The summed E-state index contributed by atoms with van der Waals surface area (Å²) in [5.74, 6) is 1.37. The maximum absolute atomic E-state index is 12.3. The molecule has 2 heterocycles. The van der Waals surface area contributed by atoms with E-state index < -0.39 is 0 Å². The smallest absolute Gasteiger partial charge is 0.234 e. The van der Waals surface area contributed by atoms with Gasteiger partial charge in [-0.2, -0.15) is 0 Å². The molecule has 24 heavy (non-hydrogen) atoms. The Morgan fingerprint density at radius 3 is 2.88 bits per heavy atom. The fraction of sp³-hybridized carbons (Fsp3) is 0.500. The van der Waals surface area contributed by atoms with E-state index in [1.807, 2.05) is 18.2 Å². The largest absolute Gasteiger partial charge is 0.366 e.